The van der Waals surface area contributed by atoms with Gasteiger partial charge in [-0.2, -0.15) is 13.2 Å². The number of halogens is 3. The number of pyridine rings is 1. The minimum atomic E-state index is -4.63. The minimum absolute atomic E-state index is 0.0647. The normalized spacial score (nSPS) is 11.5. The highest BCUT2D eigenvalue weighted by Gasteiger charge is 2.35. The van der Waals surface area contributed by atoms with Gasteiger partial charge in [0.15, 0.2) is 0 Å². The second-order valence-corrected chi connectivity index (χ2v) is 4.62. The highest BCUT2D eigenvalue weighted by Crippen LogP contribution is 2.31. The van der Waals surface area contributed by atoms with Crippen molar-refractivity contribution >= 4 is 22.4 Å². The van der Waals surface area contributed by atoms with E-state index in [9.17, 15) is 13.2 Å². The molecule has 23 heavy (non-hydrogen) atoms. The summed E-state index contributed by atoms with van der Waals surface area (Å²) in [4.78, 5) is 11.2. The zero-order chi connectivity index (χ0) is 16.4. The van der Waals surface area contributed by atoms with Gasteiger partial charge in [0.05, 0.1) is 24.5 Å². The zero-order valence-corrected chi connectivity index (χ0v) is 11.9. The molecule has 3 aromatic rings. The van der Waals surface area contributed by atoms with Crippen LogP contribution in [0.15, 0.2) is 42.6 Å². The van der Waals surface area contributed by atoms with Crippen LogP contribution in [0, 0.1) is 0 Å². The standard InChI is InChI=1S/C15H11F3N4O/c1-23-12-7-6-9(8-19-12)20-13-10-4-2-3-5-11(10)21-14(22-13)15(16,17)18/h2-8H,1H3,(H,20,21,22). The van der Waals surface area contributed by atoms with Gasteiger partial charge in [0.25, 0.3) is 0 Å². The molecule has 2 aromatic heterocycles. The quantitative estimate of drug-likeness (QED) is 0.795. The van der Waals surface area contributed by atoms with Crippen molar-refractivity contribution in [3.8, 4) is 5.88 Å². The van der Waals surface area contributed by atoms with Gasteiger partial charge in [-0.1, -0.05) is 12.1 Å². The third kappa shape index (κ3) is 3.15. The molecule has 0 saturated carbocycles. The molecular weight excluding hydrogens is 309 g/mol. The number of para-hydroxylation sites is 1. The first kappa shape index (κ1) is 15.0. The van der Waals surface area contributed by atoms with Crippen LogP contribution in [0.1, 0.15) is 5.82 Å². The van der Waals surface area contributed by atoms with Gasteiger partial charge in [-0.05, 0) is 18.2 Å². The number of methoxy groups -OCH3 is 1. The van der Waals surface area contributed by atoms with Gasteiger partial charge in [0.1, 0.15) is 5.82 Å². The average molecular weight is 320 g/mol. The minimum Gasteiger partial charge on any atom is -0.481 e. The maximum Gasteiger partial charge on any atom is 0.451 e. The Labute approximate surface area is 129 Å². The van der Waals surface area contributed by atoms with Crippen molar-refractivity contribution in [2.45, 2.75) is 6.18 Å². The molecule has 0 atom stereocenters. The van der Waals surface area contributed by atoms with Crippen LogP contribution in [0.4, 0.5) is 24.7 Å². The predicted octanol–water partition coefficient (Wildman–Crippen LogP) is 3.80. The van der Waals surface area contributed by atoms with Crippen molar-refractivity contribution < 1.29 is 17.9 Å². The van der Waals surface area contributed by atoms with E-state index in [0.717, 1.165) is 0 Å². The summed E-state index contributed by atoms with van der Waals surface area (Å²) in [6.07, 6.45) is -3.18. The zero-order valence-electron chi connectivity index (χ0n) is 11.9. The second kappa shape index (κ2) is 5.71. The first-order chi connectivity index (χ1) is 11.0. The lowest BCUT2D eigenvalue weighted by Gasteiger charge is -2.12. The van der Waals surface area contributed by atoms with Crippen molar-refractivity contribution in [2.75, 3.05) is 12.4 Å². The average Bonchev–Trinajstić information content (AvgIpc) is 2.54. The summed E-state index contributed by atoms with van der Waals surface area (Å²) in [5.41, 5.74) is 0.696. The number of alkyl halides is 3. The summed E-state index contributed by atoms with van der Waals surface area (Å²) in [5, 5.41) is 3.32. The third-order valence-corrected chi connectivity index (χ3v) is 3.06. The number of rotatable bonds is 3. The summed E-state index contributed by atoms with van der Waals surface area (Å²) < 4.78 is 43.8. The van der Waals surface area contributed by atoms with Crippen LogP contribution in [-0.4, -0.2) is 22.1 Å². The molecule has 0 aliphatic carbocycles. The van der Waals surface area contributed by atoms with Crippen LogP contribution in [0.25, 0.3) is 10.9 Å². The molecule has 1 N–H and O–H groups in total. The Hall–Kier alpha value is -2.90. The number of nitrogens with zero attached hydrogens (tertiary/aromatic N) is 3. The monoisotopic (exact) mass is 320 g/mol. The van der Waals surface area contributed by atoms with E-state index in [4.69, 9.17) is 4.74 Å². The van der Waals surface area contributed by atoms with Crippen LogP contribution in [0.2, 0.25) is 0 Å². The molecule has 8 heteroatoms. The van der Waals surface area contributed by atoms with Gasteiger partial charge in [-0.25, -0.2) is 15.0 Å². The molecule has 118 valence electrons. The van der Waals surface area contributed by atoms with E-state index in [1.165, 1.54) is 19.4 Å². The summed E-state index contributed by atoms with van der Waals surface area (Å²) in [5.74, 6) is -0.728. The Morgan fingerprint density at radius 2 is 1.83 bits per heavy atom. The molecule has 3 rings (SSSR count). The molecule has 1 aromatic carbocycles. The lowest BCUT2D eigenvalue weighted by atomic mass is 10.2. The Morgan fingerprint density at radius 1 is 1.04 bits per heavy atom. The Kier molecular flexibility index (Phi) is 3.73. The summed E-state index contributed by atoms with van der Waals surface area (Å²) in [7, 11) is 1.48. The van der Waals surface area contributed by atoms with E-state index in [1.54, 1.807) is 30.3 Å². The molecule has 0 saturated heterocycles. The van der Waals surface area contributed by atoms with Crippen molar-refractivity contribution in [3.05, 3.63) is 48.4 Å². The van der Waals surface area contributed by atoms with Crippen molar-refractivity contribution in [1.29, 1.82) is 0 Å². The molecule has 0 fully saturated rings. The van der Waals surface area contributed by atoms with Crippen LogP contribution in [0.3, 0.4) is 0 Å². The van der Waals surface area contributed by atoms with Crippen molar-refractivity contribution in [1.82, 2.24) is 15.0 Å². The van der Waals surface area contributed by atoms with E-state index >= 15 is 0 Å². The maximum atomic E-state index is 13.0. The molecule has 0 radical (unpaired) electrons. The smallest absolute Gasteiger partial charge is 0.451 e. The van der Waals surface area contributed by atoms with Crippen LogP contribution >= 0.6 is 0 Å². The van der Waals surface area contributed by atoms with E-state index in [0.29, 0.717) is 17.0 Å². The molecule has 0 aliphatic rings. The fourth-order valence-electron chi connectivity index (χ4n) is 2.01. The van der Waals surface area contributed by atoms with Gasteiger partial charge in [0.2, 0.25) is 11.7 Å². The highest BCUT2D eigenvalue weighted by atomic mass is 19.4. The lowest BCUT2D eigenvalue weighted by Crippen LogP contribution is -2.12. The van der Waals surface area contributed by atoms with E-state index in [-0.39, 0.29) is 11.3 Å². The van der Waals surface area contributed by atoms with Crippen LogP contribution < -0.4 is 10.1 Å². The van der Waals surface area contributed by atoms with E-state index in [1.807, 2.05) is 0 Å². The lowest BCUT2D eigenvalue weighted by molar-refractivity contribution is -0.144. The summed E-state index contributed by atoms with van der Waals surface area (Å²) >= 11 is 0. The Morgan fingerprint density at radius 3 is 2.48 bits per heavy atom. The molecule has 0 aliphatic heterocycles. The number of benzene rings is 1. The number of hydrogen-bond acceptors (Lipinski definition) is 5. The predicted molar refractivity (Wildman–Crippen MR) is 78.6 cm³/mol. The largest absolute Gasteiger partial charge is 0.481 e. The van der Waals surface area contributed by atoms with Gasteiger partial charge >= 0.3 is 6.18 Å². The SMILES string of the molecule is COc1ccc(Nc2nc(C(F)(F)F)nc3ccccc23)cn1. The van der Waals surface area contributed by atoms with Gasteiger partial charge in [0, 0.05) is 11.5 Å². The van der Waals surface area contributed by atoms with Crippen LogP contribution in [0.5, 0.6) is 5.88 Å². The number of ether oxygens (including phenoxy) is 1. The molecule has 0 unspecified atom stereocenters. The molecule has 0 amide bonds. The van der Waals surface area contributed by atoms with Crippen molar-refractivity contribution in [3.63, 3.8) is 0 Å². The Balaban J connectivity index is 2.07. The van der Waals surface area contributed by atoms with Crippen LogP contribution in [-0.2, 0) is 6.18 Å². The summed E-state index contributed by atoms with van der Waals surface area (Å²) in [6.45, 7) is 0. The number of fused-ring (bicyclic) bond motifs is 1. The van der Waals surface area contributed by atoms with Gasteiger partial charge in [-0.15, -0.1) is 0 Å². The molecule has 2 heterocycles. The fraction of sp³-hybridized carbons (Fsp3) is 0.133. The van der Waals surface area contributed by atoms with Gasteiger partial charge in [-0.3, -0.25) is 0 Å². The van der Waals surface area contributed by atoms with Gasteiger partial charge < -0.3 is 10.1 Å². The molecule has 0 bridgehead atoms. The molecular formula is C15H11F3N4O. The number of anilines is 2. The first-order valence-corrected chi connectivity index (χ1v) is 6.58. The second-order valence-electron chi connectivity index (χ2n) is 4.62. The molecule has 5 nitrogen and oxygen atoms in total. The first-order valence-electron chi connectivity index (χ1n) is 6.58. The third-order valence-electron chi connectivity index (χ3n) is 3.06. The number of hydrogen-bond donors (Lipinski definition) is 1. The van der Waals surface area contributed by atoms with E-state index < -0.39 is 12.0 Å². The van der Waals surface area contributed by atoms with Crippen molar-refractivity contribution in [2.24, 2.45) is 0 Å². The summed E-state index contributed by atoms with van der Waals surface area (Å²) in [6, 6.07) is 9.70. The maximum absolute atomic E-state index is 13.0. The topological polar surface area (TPSA) is 59.9 Å². The Bertz CT molecular complexity index is 834. The number of nitrogens with one attached hydrogen (secondary N) is 1. The highest BCUT2D eigenvalue weighted by molar-refractivity contribution is 5.90. The number of aromatic nitrogens is 3. The van der Waals surface area contributed by atoms with E-state index in [2.05, 4.69) is 20.3 Å². The fourth-order valence-corrected chi connectivity index (χ4v) is 2.01. The molecule has 0 spiro atoms.